The Kier molecular flexibility index (Phi) is 8.68. The van der Waals surface area contributed by atoms with Crippen LogP contribution < -0.4 is 24.6 Å². The molecule has 0 saturated heterocycles. The number of ether oxygens (including phenoxy) is 2. The van der Waals surface area contributed by atoms with Gasteiger partial charge in [0, 0.05) is 73.4 Å². The number of carbonyl (C=O) groups is 4. The van der Waals surface area contributed by atoms with Gasteiger partial charge in [0.05, 0.1) is 24.5 Å². The summed E-state index contributed by atoms with van der Waals surface area (Å²) in [5.74, 6) is -0.286. The van der Waals surface area contributed by atoms with Crippen molar-refractivity contribution in [2.24, 2.45) is 0 Å². The standard InChI is InChI=1S/C34H31Cl2N3O6/c1-19(40)44-29-11-27-33(25-9-5-3-7-23(25)29)21(13-35)17-38(27)31(42)15-37-16-32(43)39-18-22(14-36)34-26-10-6-4-8-24(26)30(12-28(34)39)45-20(2)41/h3-12,21-22,37H,13-18H2,1-2H3. The van der Waals surface area contributed by atoms with E-state index in [1.807, 2.05) is 48.5 Å². The average molecular weight is 649 g/mol. The maximum Gasteiger partial charge on any atom is 0.308 e. The lowest BCUT2D eigenvalue weighted by Gasteiger charge is -2.21. The molecule has 232 valence electrons. The summed E-state index contributed by atoms with van der Waals surface area (Å²) in [6.45, 7) is 3.19. The molecule has 0 radical (unpaired) electrons. The van der Waals surface area contributed by atoms with E-state index < -0.39 is 11.9 Å². The van der Waals surface area contributed by atoms with E-state index in [9.17, 15) is 19.2 Å². The lowest BCUT2D eigenvalue weighted by atomic mass is 9.95. The van der Waals surface area contributed by atoms with Crippen LogP contribution in [0.1, 0.15) is 36.8 Å². The molecule has 0 bridgehead atoms. The van der Waals surface area contributed by atoms with Crippen LogP contribution in [0.25, 0.3) is 21.5 Å². The number of nitrogens with one attached hydrogen (secondary N) is 1. The minimum Gasteiger partial charge on any atom is -0.426 e. The summed E-state index contributed by atoms with van der Waals surface area (Å²) < 4.78 is 11.0. The second kappa shape index (κ2) is 12.7. The summed E-state index contributed by atoms with van der Waals surface area (Å²) >= 11 is 12.7. The van der Waals surface area contributed by atoms with Crippen molar-refractivity contribution in [2.45, 2.75) is 25.7 Å². The van der Waals surface area contributed by atoms with E-state index in [0.29, 0.717) is 47.7 Å². The Hall–Kier alpha value is -4.18. The van der Waals surface area contributed by atoms with Gasteiger partial charge in [-0.05, 0) is 21.9 Å². The summed E-state index contributed by atoms with van der Waals surface area (Å²) in [6, 6.07) is 18.6. The van der Waals surface area contributed by atoms with Crippen molar-refractivity contribution >= 4 is 79.9 Å². The number of carbonyl (C=O) groups excluding carboxylic acids is 4. The lowest BCUT2D eigenvalue weighted by Crippen LogP contribution is -2.43. The average Bonchev–Trinajstić information content (AvgIpc) is 3.59. The summed E-state index contributed by atoms with van der Waals surface area (Å²) in [4.78, 5) is 54.1. The highest BCUT2D eigenvalue weighted by molar-refractivity contribution is 6.19. The first-order valence-electron chi connectivity index (χ1n) is 14.6. The van der Waals surface area contributed by atoms with E-state index in [1.165, 1.54) is 13.8 Å². The SMILES string of the molecule is CC(=O)Oc1cc2c(c3ccccc13)C(CCl)CN2C(=O)CNCC(=O)N1CC(CCl)c2c1cc(OC(C)=O)c1ccccc21. The molecule has 2 heterocycles. The van der Waals surface area contributed by atoms with Gasteiger partial charge in [0.2, 0.25) is 11.8 Å². The van der Waals surface area contributed by atoms with Gasteiger partial charge in [-0.3, -0.25) is 24.5 Å². The van der Waals surface area contributed by atoms with Crippen LogP contribution in [-0.4, -0.2) is 61.7 Å². The van der Waals surface area contributed by atoms with Gasteiger partial charge in [0.25, 0.3) is 0 Å². The number of alkyl halides is 2. The predicted molar refractivity (Wildman–Crippen MR) is 175 cm³/mol. The van der Waals surface area contributed by atoms with Crippen LogP contribution in [0.5, 0.6) is 11.5 Å². The van der Waals surface area contributed by atoms with Crippen LogP contribution in [0.3, 0.4) is 0 Å². The molecule has 0 aliphatic carbocycles. The van der Waals surface area contributed by atoms with Gasteiger partial charge >= 0.3 is 11.9 Å². The molecule has 1 N–H and O–H groups in total. The summed E-state index contributed by atoms with van der Waals surface area (Å²) in [5, 5.41) is 6.30. The molecule has 2 amide bonds. The number of nitrogens with zero attached hydrogens (tertiary/aromatic N) is 2. The first-order chi connectivity index (χ1) is 21.7. The molecule has 2 atom stereocenters. The number of hydrogen-bond donors (Lipinski definition) is 1. The molecule has 0 spiro atoms. The number of fused-ring (bicyclic) bond motifs is 6. The van der Waals surface area contributed by atoms with Gasteiger partial charge in [-0.2, -0.15) is 0 Å². The number of amides is 2. The Bertz CT molecular complexity index is 1730. The molecule has 6 rings (SSSR count). The van der Waals surface area contributed by atoms with E-state index in [0.717, 1.165) is 32.7 Å². The van der Waals surface area contributed by atoms with Crippen LogP contribution in [0.15, 0.2) is 60.7 Å². The maximum atomic E-state index is 13.6. The van der Waals surface area contributed by atoms with Gasteiger partial charge in [-0.25, -0.2) is 0 Å². The third-order valence-corrected chi connectivity index (χ3v) is 9.04. The molecule has 9 nitrogen and oxygen atoms in total. The molecule has 4 aromatic carbocycles. The van der Waals surface area contributed by atoms with E-state index in [4.69, 9.17) is 32.7 Å². The first kappa shape index (κ1) is 30.8. The van der Waals surface area contributed by atoms with Crippen molar-refractivity contribution in [3.05, 3.63) is 71.8 Å². The van der Waals surface area contributed by atoms with Crippen molar-refractivity contribution in [3.63, 3.8) is 0 Å². The molecule has 2 aliphatic heterocycles. The molecular weight excluding hydrogens is 617 g/mol. The number of rotatable bonds is 8. The van der Waals surface area contributed by atoms with Crippen molar-refractivity contribution in [1.29, 1.82) is 0 Å². The number of halogens is 2. The largest absolute Gasteiger partial charge is 0.426 e. The van der Waals surface area contributed by atoms with Crippen LogP contribution in [0, 0.1) is 0 Å². The predicted octanol–water partition coefficient (Wildman–Crippen LogP) is 5.47. The second-order valence-electron chi connectivity index (χ2n) is 11.2. The van der Waals surface area contributed by atoms with Crippen LogP contribution >= 0.6 is 23.2 Å². The highest BCUT2D eigenvalue weighted by Crippen LogP contribution is 2.47. The van der Waals surface area contributed by atoms with Crippen molar-refractivity contribution in [2.75, 3.05) is 47.7 Å². The summed E-state index contributed by atoms with van der Waals surface area (Å²) in [5.41, 5.74) is 3.13. The van der Waals surface area contributed by atoms with Crippen LogP contribution in [0.2, 0.25) is 0 Å². The minimum atomic E-state index is -0.460. The van der Waals surface area contributed by atoms with Gasteiger partial charge in [0.1, 0.15) is 11.5 Å². The summed E-state index contributed by atoms with van der Waals surface area (Å²) in [7, 11) is 0. The Morgan fingerprint density at radius 1 is 0.689 bits per heavy atom. The fourth-order valence-electron chi connectivity index (χ4n) is 6.50. The Labute approximate surface area is 269 Å². The van der Waals surface area contributed by atoms with Gasteiger partial charge in [0.15, 0.2) is 0 Å². The van der Waals surface area contributed by atoms with Crippen LogP contribution in [-0.2, 0) is 19.2 Å². The third kappa shape index (κ3) is 5.72. The zero-order chi connectivity index (χ0) is 31.8. The molecule has 0 aromatic heterocycles. The molecule has 0 saturated carbocycles. The van der Waals surface area contributed by atoms with E-state index in [2.05, 4.69) is 5.32 Å². The normalized spacial score (nSPS) is 17.0. The van der Waals surface area contributed by atoms with Gasteiger partial charge in [-0.15, -0.1) is 23.2 Å². The lowest BCUT2D eigenvalue weighted by molar-refractivity contribution is -0.132. The zero-order valence-electron chi connectivity index (χ0n) is 24.8. The summed E-state index contributed by atoms with van der Waals surface area (Å²) in [6.07, 6.45) is 0. The second-order valence-corrected chi connectivity index (χ2v) is 11.8. The van der Waals surface area contributed by atoms with Crippen LogP contribution in [0.4, 0.5) is 11.4 Å². The van der Waals surface area contributed by atoms with Gasteiger partial charge < -0.3 is 19.3 Å². The topological polar surface area (TPSA) is 105 Å². The quantitative estimate of drug-likeness (QED) is 0.154. The van der Waals surface area contributed by atoms with Crippen molar-refractivity contribution < 1.29 is 28.7 Å². The highest BCUT2D eigenvalue weighted by atomic mass is 35.5. The minimum absolute atomic E-state index is 0.105. The maximum absolute atomic E-state index is 13.6. The number of benzene rings is 4. The molecule has 4 aromatic rings. The molecule has 45 heavy (non-hydrogen) atoms. The zero-order valence-corrected chi connectivity index (χ0v) is 26.3. The number of hydrogen-bond acceptors (Lipinski definition) is 7. The molecule has 2 aliphatic rings. The Morgan fingerprint density at radius 3 is 1.42 bits per heavy atom. The molecular formula is C34H31Cl2N3O6. The fraction of sp³-hybridized carbons (Fsp3) is 0.294. The van der Waals surface area contributed by atoms with E-state index in [1.54, 1.807) is 21.9 Å². The Balaban J connectivity index is 1.22. The monoisotopic (exact) mass is 647 g/mol. The van der Waals surface area contributed by atoms with E-state index >= 15 is 0 Å². The number of esters is 2. The fourth-order valence-corrected chi connectivity index (χ4v) is 7.00. The Morgan fingerprint density at radius 2 is 1.07 bits per heavy atom. The molecule has 0 fully saturated rings. The molecule has 11 heteroatoms. The van der Waals surface area contributed by atoms with Gasteiger partial charge in [-0.1, -0.05) is 48.5 Å². The smallest absolute Gasteiger partial charge is 0.308 e. The first-order valence-corrected chi connectivity index (χ1v) is 15.7. The van der Waals surface area contributed by atoms with E-state index in [-0.39, 0.29) is 36.7 Å². The van der Waals surface area contributed by atoms with Crippen molar-refractivity contribution in [1.82, 2.24) is 5.32 Å². The number of anilines is 2. The van der Waals surface area contributed by atoms with Crippen molar-refractivity contribution in [3.8, 4) is 11.5 Å². The third-order valence-electron chi connectivity index (χ3n) is 8.29. The molecule has 2 unspecified atom stereocenters. The highest BCUT2D eigenvalue weighted by Gasteiger charge is 2.36.